The zero-order chi connectivity index (χ0) is 20.4. The molecule has 152 valence electrons. The van der Waals surface area contributed by atoms with Crippen LogP contribution >= 0.6 is 11.3 Å². The molecular formula is C23H27N3O2S. The number of hydrogen-bond acceptors (Lipinski definition) is 5. The number of hydrogen-bond donors (Lipinski definition) is 1. The molecule has 0 spiro atoms. The fourth-order valence-corrected chi connectivity index (χ4v) is 4.78. The van der Waals surface area contributed by atoms with Crippen LogP contribution in [0.15, 0.2) is 36.4 Å². The van der Waals surface area contributed by atoms with Crippen LogP contribution in [0.2, 0.25) is 0 Å². The van der Waals surface area contributed by atoms with Crippen LogP contribution in [0.4, 0.5) is 10.8 Å². The molecule has 0 bridgehead atoms. The van der Waals surface area contributed by atoms with Crippen LogP contribution in [0.1, 0.15) is 30.9 Å². The van der Waals surface area contributed by atoms with E-state index < -0.39 is 0 Å². The van der Waals surface area contributed by atoms with Gasteiger partial charge in [-0.25, -0.2) is 4.98 Å². The van der Waals surface area contributed by atoms with E-state index in [1.165, 1.54) is 0 Å². The Bertz CT molecular complexity index is 1030. The largest absolute Gasteiger partial charge is 0.494 e. The summed E-state index contributed by atoms with van der Waals surface area (Å²) in [5.74, 6) is 0.942. The van der Waals surface area contributed by atoms with E-state index in [-0.39, 0.29) is 11.8 Å². The van der Waals surface area contributed by atoms with Crippen molar-refractivity contribution in [3.05, 3.63) is 47.5 Å². The molecule has 1 saturated heterocycles. The number of aryl methyl sites for hydroxylation is 2. The average molecular weight is 410 g/mol. The van der Waals surface area contributed by atoms with E-state index in [0.29, 0.717) is 13.2 Å². The van der Waals surface area contributed by atoms with Gasteiger partial charge in [0.1, 0.15) is 5.75 Å². The molecule has 4 rings (SSSR count). The molecule has 0 radical (unpaired) electrons. The van der Waals surface area contributed by atoms with E-state index in [0.717, 1.165) is 57.3 Å². The molecule has 2 heterocycles. The monoisotopic (exact) mass is 409 g/mol. The van der Waals surface area contributed by atoms with Crippen LogP contribution in [0.5, 0.6) is 5.75 Å². The Morgan fingerprint density at radius 2 is 2.14 bits per heavy atom. The smallest absolute Gasteiger partial charge is 0.229 e. The molecule has 0 saturated carbocycles. The van der Waals surface area contributed by atoms with Crippen LogP contribution < -0.4 is 15.0 Å². The summed E-state index contributed by atoms with van der Waals surface area (Å²) in [6, 6.07) is 12.2. The number of ether oxygens (including phenoxy) is 1. The van der Waals surface area contributed by atoms with E-state index in [9.17, 15) is 4.79 Å². The van der Waals surface area contributed by atoms with E-state index in [1.54, 1.807) is 11.3 Å². The lowest BCUT2D eigenvalue weighted by molar-refractivity contribution is -0.120. The molecule has 29 heavy (non-hydrogen) atoms. The summed E-state index contributed by atoms with van der Waals surface area (Å²) in [5, 5.41) is 4.13. The van der Waals surface area contributed by atoms with Gasteiger partial charge in [-0.05, 0) is 69.0 Å². The standard InChI is InChI=1S/C23H27N3O2S/c1-4-28-18-9-10-19-21(13-18)29-23(25-19)26-11-5-6-17(14-26)22(27)24-20-12-15(2)7-8-16(20)3/h7-10,12-13,17H,4-6,11,14H2,1-3H3,(H,24,27)/t17-/m0/s1. The number of nitrogens with one attached hydrogen (secondary N) is 1. The number of amides is 1. The number of rotatable bonds is 5. The Balaban J connectivity index is 1.48. The second-order valence-corrected chi connectivity index (χ2v) is 8.66. The molecule has 1 aromatic heterocycles. The van der Waals surface area contributed by atoms with E-state index >= 15 is 0 Å². The van der Waals surface area contributed by atoms with Gasteiger partial charge in [0.2, 0.25) is 5.91 Å². The number of carbonyl (C=O) groups is 1. The number of nitrogens with zero attached hydrogens (tertiary/aromatic N) is 2. The second kappa shape index (κ2) is 8.41. The predicted octanol–water partition coefficient (Wildman–Crippen LogP) is 5.17. The summed E-state index contributed by atoms with van der Waals surface area (Å²) >= 11 is 1.67. The van der Waals surface area contributed by atoms with Crippen molar-refractivity contribution < 1.29 is 9.53 Å². The molecule has 1 N–H and O–H groups in total. The van der Waals surface area contributed by atoms with Gasteiger partial charge < -0.3 is 15.0 Å². The molecule has 1 amide bonds. The van der Waals surface area contributed by atoms with Crippen molar-refractivity contribution in [1.29, 1.82) is 0 Å². The molecule has 0 unspecified atom stereocenters. The van der Waals surface area contributed by atoms with Crippen molar-refractivity contribution in [2.24, 2.45) is 5.92 Å². The molecule has 2 aromatic carbocycles. The van der Waals surface area contributed by atoms with Gasteiger partial charge in [0.15, 0.2) is 5.13 Å². The van der Waals surface area contributed by atoms with Gasteiger partial charge >= 0.3 is 0 Å². The quantitative estimate of drug-likeness (QED) is 0.632. The fourth-order valence-electron chi connectivity index (χ4n) is 3.75. The summed E-state index contributed by atoms with van der Waals surface area (Å²) in [4.78, 5) is 20.0. The first-order valence-corrected chi connectivity index (χ1v) is 11.0. The minimum atomic E-state index is -0.0327. The lowest BCUT2D eigenvalue weighted by atomic mass is 9.97. The van der Waals surface area contributed by atoms with Crippen LogP contribution in [-0.2, 0) is 4.79 Å². The summed E-state index contributed by atoms with van der Waals surface area (Å²) in [6.07, 6.45) is 1.90. The third kappa shape index (κ3) is 4.37. The number of piperidine rings is 1. The molecule has 0 aliphatic carbocycles. The SMILES string of the molecule is CCOc1ccc2nc(N3CCC[C@H](C(=O)Nc4cc(C)ccc4C)C3)sc2c1. The van der Waals surface area contributed by atoms with Crippen molar-refractivity contribution in [1.82, 2.24) is 4.98 Å². The van der Waals surface area contributed by atoms with E-state index in [2.05, 4.69) is 28.4 Å². The highest BCUT2D eigenvalue weighted by atomic mass is 32.1. The Morgan fingerprint density at radius 1 is 1.28 bits per heavy atom. The van der Waals surface area contributed by atoms with Gasteiger partial charge in [-0.15, -0.1) is 0 Å². The topological polar surface area (TPSA) is 54.5 Å². The molecule has 1 atom stereocenters. The summed E-state index contributed by atoms with van der Waals surface area (Å²) in [6.45, 7) is 8.35. The lowest BCUT2D eigenvalue weighted by Gasteiger charge is -2.31. The highest BCUT2D eigenvalue weighted by Crippen LogP contribution is 2.34. The lowest BCUT2D eigenvalue weighted by Crippen LogP contribution is -2.40. The number of thiazole rings is 1. The molecule has 1 aliphatic rings. The summed E-state index contributed by atoms with van der Waals surface area (Å²) < 4.78 is 6.72. The maximum Gasteiger partial charge on any atom is 0.229 e. The molecule has 3 aromatic rings. The first kappa shape index (κ1) is 19.7. The number of fused-ring (bicyclic) bond motifs is 1. The zero-order valence-corrected chi connectivity index (χ0v) is 18.0. The highest BCUT2D eigenvalue weighted by molar-refractivity contribution is 7.22. The minimum Gasteiger partial charge on any atom is -0.494 e. The third-order valence-electron chi connectivity index (χ3n) is 5.37. The van der Waals surface area contributed by atoms with Crippen LogP contribution in [-0.4, -0.2) is 30.6 Å². The maximum absolute atomic E-state index is 12.9. The highest BCUT2D eigenvalue weighted by Gasteiger charge is 2.27. The Morgan fingerprint density at radius 3 is 2.97 bits per heavy atom. The van der Waals surface area contributed by atoms with E-state index in [1.807, 2.05) is 39.0 Å². The van der Waals surface area contributed by atoms with Gasteiger partial charge in [-0.3, -0.25) is 4.79 Å². The Kier molecular flexibility index (Phi) is 5.72. The fraction of sp³-hybridized carbons (Fsp3) is 0.391. The number of carbonyl (C=O) groups excluding carboxylic acids is 1. The molecular weight excluding hydrogens is 382 g/mol. The van der Waals surface area contributed by atoms with Crippen molar-refractivity contribution in [2.75, 3.05) is 29.9 Å². The van der Waals surface area contributed by atoms with Crippen LogP contribution in [0.3, 0.4) is 0 Å². The predicted molar refractivity (Wildman–Crippen MR) is 120 cm³/mol. The van der Waals surface area contributed by atoms with Crippen molar-refractivity contribution >= 4 is 38.3 Å². The van der Waals surface area contributed by atoms with Gasteiger partial charge in [-0.2, -0.15) is 0 Å². The summed E-state index contributed by atoms with van der Waals surface area (Å²) in [7, 11) is 0. The van der Waals surface area contributed by atoms with Crippen molar-refractivity contribution in [3.8, 4) is 5.75 Å². The minimum absolute atomic E-state index is 0.0327. The molecule has 5 nitrogen and oxygen atoms in total. The Labute approximate surface area is 175 Å². The van der Waals surface area contributed by atoms with Gasteiger partial charge in [-0.1, -0.05) is 23.5 Å². The maximum atomic E-state index is 12.9. The number of benzene rings is 2. The number of anilines is 2. The van der Waals surface area contributed by atoms with Gasteiger partial charge in [0.25, 0.3) is 0 Å². The van der Waals surface area contributed by atoms with E-state index in [4.69, 9.17) is 9.72 Å². The number of aromatic nitrogens is 1. The zero-order valence-electron chi connectivity index (χ0n) is 17.2. The third-order valence-corrected chi connectivity index (χ3v) is 6.45. The molecule has 1 fully saturated rings. The first-order valence-electron chi connectivity index (χ1n) is 10.2. The molecule has 1 aliphatic heterocycles. The van der Waals surface area contributed by atoms with Gasteiger partial charge in [0.05, 0.1) is 22.7 Å². The van der Waals surface area contributed by atoms with Crippen molar-refractivity contribution in [3.63, 3.8) is 0 Å². The summed E-state index contributed by atoms with van der Waals surface area (Å²) in [5.41, 5.74) is 4.14. The Hall–Kier alpha value is -2.60. The second-order valence-electron chi connectivity index (χ2n) is 7.65. The first-order chi connectivity index (χ1) is 14.0. The van der Waals surface area contributed by atoms with Gasteiger partial charge in [0, 0.05) is 18.8 Å². The average Bonchev–Trinajstić information content (AvgIpc) is 3.14. The molecule has 6 heteroatoms. The van der Waals surface area contributed by atoms with Crippen molar-refractivity contribution in [2.45, 2.75) is 33.6 Å². The van der Waals surface area contributed by atoms with Crippen LogP contribution in [0.25, 0.3) is 10.2 Å². The van der Waals surface area contributed by atoms with Crippen LogP contribution in [0, 0.1) is 19.8 Å². The normalized spacial score (nSPS) is 16.8.